The predicted octanol–water partition coefficient (Wildman–Crippen LogP) is 3.58. The number of hydrogen-bond acceptors (Lipinski definition) is 1. The first-order chi connectivity index (χ1) is 6.88. The monoisotopic (exact) mass is 225 g/mol. The van der Waals surface area contributed by atoms with Crippen molar-refractivity contribution in [1.82, 2.24) is 5.32 Å². The van der Waals surface area contributed by atoms with E-state index >= 15 is 0 Å². The molecule has 0 aliphatic carbocycles. The molecule has 84 valence electrons. The van der Waals surface area contributed by atoms with Crippen LogP contribution >= 0.6 is 11.6 Å². The molecule has 0 saturated heterocycles. The Kier molecular flexibility index (Phi) is 4.18. The number of nitrogens with one attached hydrogen (secondary N) is 1. The maximum absolute atomic E-state index is 6.06. The van der Waals surface area contributed by atoms with Crippen LogP contribution in [0.5, 0.6) is 0 Å². The van der Waals surface area contributed by atoms with Crippen molar-refractivity contribution >= 4 is 11.6 Å². The third-order valence-corrected chi connectivity index (χ3v) is 2.71. The average molecular weight is 226 g/mol. The highest BCUT2D eigenvalue weighted by molar-refractivity contribution is 6.31. The Bertz CT molecular complexity index is 326. The maximum Gasteiger partial charge on any atom is 0.0437 e. The molecule has 0 fully saturated rings. The van der Waals surface area contributed by atoms with Crippen molar-refractivity contribution in [2.45, 2.75) is 39.7 Å². The molecule has 1 aromatic carbocycles. The molecule has 1 N–H and O–H groups in total. The fraction of sp³-hybridized carbons (Fsp3) is 0.538. The van der Waals surface area contributed by atoms with Gasteiger partial charge in [-0.05, 0) is 57.9 Å². The van der Waals surface area contributed by atoms with Gasteiger partial charge in [0, 0.05) is 10.6 Å². The van der Waals surface area contributed by atoms with Crippen molar-refractivity contribution in [3.63, 3.8) is 0 Å². The van der Waals surface area contributed by atoms with Crippen LogP contribution in [0.3, 0.4) is 0 Å². The fourth-order valence-corrected chi connectivity index (χ4v) is 1.58. The molecular formula is C13H20ClN. The van der Waals surface area contributed by atoms with Crippen LogP contribution in [0.2, 0.25) is 5.02 Å². The van der Waals surface area contributed by atoms with Gasteiger partial charge in [-0.1, -0.05) is 23.7 Å². The van der Waals surface area contributed by atoms with Gasteiger partial charge in [0.1, 0.15) is 0 Å². The number of halogens is 1. The Morgan fingerprint density at radius 1 is 1.27 bits per heavy atom. The molecule has 15 heavy (non-hydrogen) atoms. The molecule has 0 aliphatic rings. The van der Waals surface area contributed by atoms with Gasteiger partial charge >= 0.3 is 0 Å². The van der Waals surface area contributed by atoms with Gasteiger partial charge in [0.05, 0.1) is 0 Å². The Morgan fingerprint density at radius 3 is 2.47 bits per heavy atom. The predicted molar refractivity (Wildman–Crippen MR) is 67.6 cm³/mol. The van der Waals surface area contributed by atoms with Gasteiger partial charge < -0.3 is 5.32 Å². The molecule has 1 rings (SSSR count). The lowest BCUT2D eigenvalue weighted by atomic mass is 10.1. The quantitative estimate of drug-likeness (QED) is 0.829. The average Bonchev–Trinajstić information content (AvgIpc) is 2.09. The van der Waals surface area contributed by atoms with Crippen LogP contribution in [0.25, 0.3) is 0 Å². The number of rotatable bonds is 3. The molecule has 2 heteroatoms. The zero-order valence-electron chi connectivity index (χ0n) is 10.0. The van der Waals surface area contributed by atoms with Gasteiger partial charge in [0.15, 0.2) is 0 Å². The van der Waals surface area contributed by atoms with E-state index in [4.69, 9.17) is 11.6 Å². The summed E-state index contributed by atoms with van der Waals surface area (Å²) in [6.07, 6.45) is 1.03. The summed E-state index contributed by atoms with van der Waals surface area (Å²) in [5.74, 6) is 0. The molecule has 0 radical (unpaired) electrons. The summed E-state index contributed by atoms with van der Waals surface area (Å²) in [6.45, 7) is 9.54. The van der Waals surface area contributed by atoms with Crippen LogP contribution in [0.15, 0.2) is 18.2 Å². The normalized spacial score (nSPS) is 11.8. The number of hydrogen-bond donors (Lipinski definition) is 1. The van der Waals surface area contributed by atoms with E-state index in [-0.39, 0.29) is 5.54 Å². The van der Waals surface area contributed by atoms with Gasteiger partial charge in [-0.25, -0.2) is 0 Å². The highest BCUT2D eigenvalue weighted by atomic mass is 35.5. The van der Waals surface area contributed by atoms with E-state index in [1.54, 1.807) is 0 Å². The highest BCUT2D eigenvalue weighted by Crippen LogP contribution is 2.16. The zero-order valence-corrected chi connectivity index (χ0v) is 10.8. The first-order valence-electron chi connectivity index (χ1n) is 5.38. The second-order valence-electron chi connectivity index (χ2n) is 5.01. The van der Waals surface area contributed by atoms with Gasteiger partial charge in [-0.15, -0.1) is 0 Å². The Balaban J connectivity index is 2.48. The van der Waals surface area contributed by atoms with E-state index in [1.807, 2.05) is 6.92 Å². The van der Waals surface area contributed by atoms with Gasteiger partial charge in [-0.2, -0.15) is 0 Å². The van der Waals surface area contributed by atoms with E-state index in [1.165, 1.54) is 5.56 Å². The zero-order chi connectivity index (χ0) is 11.5. The summed E-state index contributed by atoms with van der Waals surface area (Å²) in [7, 11) is 0. The molecule has 0 aromatic heterocycles. The summed E-state index contributed by atoms with van der Waals surface area (Å²) in [5.41, 5.74) is 2.63. The van der Waals surface area contributed by atoms with Crippen molar-refractivity contribution in [3.05, 3.63) is 34.3 Å². The van der Waals surface area contributed by atoms with Crippen molar-refractivity contribution in [3.8, 4) is 0 Å². The van der Waals surface area contributed by atoms with Crippen molar-refractivity contribution in [1.29, 1.82) is 0 Å². The van der Waals surface area contributed by atoms with Crippen LogP contribution in [-0.4, -0.2) is 12.1 Å². The highest BCUT2D eigenvalue weighted by Gasteiger charge is 2.07. The molecule has 0 spiro atoms. The molecule has 0 amide bonds. The molecule has 0 atom stereocenters. The number of benzene rings is 1. The first-order valence-corrected chi connectivity index (χ1v) is 5.76. The summed E-state index contributed by atoms with van der Waals surface area (Å²) < 4.78 is 0. The third kappa shape index (κ3) is 4.67. The van der Waals surface area contributed by atoms with Gasteiger partial charge in [0.2, 0.25) is 0 Å². The minimum absolute atomic E-state index is 0.189. The maximum atomic E-state index is 6.06. The van der Waals surface area contributed by atoms with Crippen molar-refractivity contribution in [2.75, 3.05) is 6.54 Å². The van der Waals surface area contributed by atoms with E-state index < -0.39 is 0 Å². The molecule has 0 aliphatic heterocycles. The van der Waals surface area contributed by atoms with Crippen molar-refractivity contribution in [2.24, 2.45) is 0 Å². The van der Waals surface area contributed by atoms with Crippen LogP contribution < -0.4 is 5.32 Å². The lowest BCUT2D eigenvalue weighted by Crippen LogP contribution is -2.37. The Hall–Kier alpha value is -0.530. The lowest BCUT2D eigenvalue weighted by Gasteiger charge is -2.20. The van der Waals surface area contributed by atoms with Crippen LogP contribution in [0.1, 0.15) is 31.9 Å². The molecule has 1 aromatic rings. The second kappa shape index (κ2) is 5.00. The van der Waals surface area contributed by atoms with Crippen molar-refractivity contribution < 1.29 is 0 Å². The molecule has 0 heterocycles. The van der Waals surface area contributed by atoms with E-state index in [0.717, 1.165) is 23.6 Å². The summed E-state index contributed by atoms with van der Waals surface area (Å²) in [5, 5.41) is 4.33. The second-order valence-corrected chi connectivity index (χ2v) is 5.42. The third-order valence-electron chi connectivity index (χ3n) is 2.31. The first kappa shape index (κ1) is 12.5. The lowest BCUT2D eigenvalue weighted by molar-refractivity contribution is 0.429. The fourth-order valence-electron chi connectivity index (χ4n) is 1.37. The summed E-state index contributed by atoms with van der Waals surface area (Å²) >= 11 is 6.06. The smallest absolute Gasteiger partial charge is 0.0437 e. The van der Waals surface area contributed by atoms with Crippen LogP contribution in [0, 0.1) is 6.92 Å². The molecule has 0 unspecified atom stereocenters. The topological polar surface area (TPSA) is 12.0 Å². The Morgan fingerprint density at radius 2 is 1.93 bits per heavy atom. The SMILES string of the molecule is Cc1ccc(CCNC(C)(C)C)cc1Cl. The van der Waals surface area contributed by atoms with E-state index in [0.29, 0.717) is 0 Å². The molecule has 1 nitrogen and oxygen atoms in total. The van der Waals surface area contributed by atoms with Gasteiger partial charge in [0.25, 0.3) is 0 Å². The largest absolute Gasteiger partial charge is 0.312 e. The summed E-state index contributed by atoms with van der Waals surface area (Å²) in [4.78, 5) is 0. The van der Waals surface area contributed by atoms with E-state index in [2.05, 4.69) is 44.3 Å². The standard InChI is InChI=1S/C13H20ClN/c1-10-5-6-11(9-12(10)14)7-8-15-13(2,3)4/h5-6,9,15H,7-8H2,1-4H3. The van der Waals surface area contributed by atoms with E-state index in [9.17, 15) is 0 Å². The molecule has 0 bridgehead atoms. The van der Waals surface area contributed by atoms with Crippen LogP contribution in [-0.2, 0) is 6.42 Å². The Labute approximate surface area is 97.8 Å². The molecular weight excluding hydrogens is 206 g/mol. The number of aryl methyl sites for hydroxylation is 1. The minimum Gasteiger partial charge on any atom is -0.312 e. The molecule has 0 saturated carbocycles. The minimum atomic E-state index is 0.189. The van der Waals surface area contributed by atoms with Gasteiger partial charge in [-0.3, -0.25) is 0 Å². The summed E-state index contributed by atoms with van der Waals surface area (Å²) in [6, 6.07) is 6.28. The van der Waals surface area contributed by atoms with Crippen LogP contribution in [0.4, 0.5) is 0 Å².